The molecular formula is C28H37N5O8S. The van der Waals surface area contributed by atoms with Crippen LogP contribution in [0.1, 0.15) is 30.4 Å². The standard InChI is InChI=1S/C28H37N5O8S/c1-42-13-12-21(31-25(37)20(29)10-11-24(30)36)26(38)32-22(14-16-2-6-18(34)7-3-16)27(39)33-23(28(40)41)15-17-4-8-19(35)9-5-17/h2-9,20-23,34-35H,10-15,29H2,1H3,(H2,30,36)(H,31,37)(H,32,38)(H,33,39)(H,40,41). The molecule has 4 atom stereocenters. The quantitative estimate of drug-likeness (QED) is 0.118. The molecule has 0 fully saturated rings. The van der Waals surface area contributed by atoms with Crippen molar-refractivity contribution in [3.05, 3.63) is 59.7 Å². The van der Waals surface area contributed by atoms with Gasteiger partial charge in [0.15, 0.2) is 0 Å². The number of aromatic hydroxyl groups is 2. The Morgan fingerprint density at radius 3 is 1.67 bits per heavy atom. The second kappa shape index (κ2) is 16.8. The number of thioether (sulfide) groups is 1. The van der Waals surface area contributed by atoms with Gasteiger partial charge in [-0.05, 0) is 60.2 Å². The number of amides is 4. The van der Waals surface area contributed by atoms with Crippen LogP contribution in [0.25, 0.3) is 0 Å². The van der Waals surface area contributed by atoms with Crippen LogP contribution in [0, 0.1) is 0 Å². The van der Waals surface area contributed by atoms with Crippen molar-refractivity contribution in [3.8, 4) is 11.5 Å². The summed E-state index contributed by atoms with van der Waals surface area (Å²) in [5, 5.41) is 36.5. The van der Waals surface area contributed by atoms with E-state index in [0.29, 0.717) is 16.9 Å². The van der Waals surface area contributed by atoms with Crippen molar-refractivity contribution < 1.29 is 39.3 Å². The molecular weight excluding hydrogens is 566 g/mol. The summed E-state index contributed by atoms with van der Waals surface area (Å²) in [4.78, 5) is 62.4. The molecule has 14 heteroatoms. The molecule has 228 valence electrons. The van der Waals surface area contributed by atoms with Crippen molar-refractivity contribution in [1.82, 2.24) is 16.0 Å². The largest absolute Gasteiger partial charge is 0.508 e. The third kappa shape index (κ3) is 11.7. The predicted molar refractivity (Wildman–Crippen MR) is 156 cm³/mol. The molecule has 0 aliphatic rings. The van der Waals surface area contributed by atoms with E-state index in [9.17, 15) is 39.3 Å². The summed E-state index contributed by atoms with van der Waals surface area (Å²) in [6.07, 6.45) is 1.76. The lowest BCUT2D eigenvalue weighted by atomic mass is 10.0. The zero-order valence-electron chi connectivity index (χ0n) is 23.1. The zero-order valence-corrected chi connectivity index (χ0v) is 23.9. The number of carboxylic acids is 1. The minimum atomic E-state index is -1.35. The minimum Gasteiger partial charge on any atom is -0.508 e. The van der Waals surface area contributed by atoms with Gasteiger partial charge in [-0.2, -0.15) is 11.8 Å². The lowest BCUT2D eigenvalue weighted by Gasteiger charge is -2.25. The summed E-state index contributed by atoms with van der Waals surface area (Å²) in [5.74, 6) is -3.59. The summed E-state index contributed by atoms with van der Waals surface area (Å²) in [7, 11) is 0. The van der Waals surface area contributed by atoms with E-state index in [2.05, 4.69) is 16.0 Å². The first-order chi connectivity index (χ1) is 19.9. The summed E-state index contributed by atoms with van der Waals surface area (Å²) >= 11 is 1.43. The number of primary amides is 1. The summed E-state index contributed by atoms with van der Waals surface area (Å²) in [5.41, 5.74) is 12.1. The molecule has 13 nitrogen and oxygen atoms in total. The molecule has 2 aromatic rings. The van der Waals surface area contributed by atoms with Crippen molar-refractivity contribution in [2.45, 2.75) is 56.3 Å². The number of nitrogens with one attached hydrogen (secondary N) is 3. The highest BCUT2D eigenvalue weighted by Gasteiger charge is 2.30. The van der Waals surface area contributed by atoms with Gasteiger partial charge in [0.1, 0.15) is 29.6 Å². The van der Waals surface area contributed by atoms with E-state index in [1.54, 1.807) is 12.1 Å². The van der Waals surface area contributed by atoms with Crippen LogP contribution in [-0.2, 0) is 36.8 Å². The number of carbonyl (C=O) groups is 5. The third-order valence-corrected chi connectivity index (χ3v) is 6.93. The number of phenolic OH excluding ortho intramolecular Hbond substituents is 2. The van der Waals surface area contributed by atoms with Crippen LogP contribution < -0.4 is 27.4 Å². The maximum Gasteiger partial charge on any atom is 0.326 e. The normalized spacial score (nSPS) is 13.7. The van der Waals surface area contributed by atoms with Crippen LogP contribution in [-0.4, -0.2) is 81.1 Å². The molecule has 0 aliphatic carbocycles. The molecule has 4 amide bonds. The predicted octanol–water partition coefficient (Wildman–Crippen LogP) is -0.232. The summed E-state index contributed by atoms with van der Waals surface area (Å²) < 4.78 is 0. The van der Waals surface area contributed by atoms with E-state index in [4.69, 9.17) is 11.5 Å². The van der Waals surface area contributed by atoms with Gasteiger partial charge < -0.3 is 42.7 Å². The number of hydrogen-bond donors (Lipinski definition) is 8. The van der Waals surface area contributed by atoms with Gasteiger partial charge >= 0.3 is 5.97 Å². The maximum atomic E-state index is 13.4. The van der Waals surface area contributed by atoms with Gasteiger partial charge in [-0.3, -0.25) is 19.2 Å². The zero-order chi connectivity index (χ0) is 31.2. The number of hydrogen-bond acceptors (Lipinski definition) is 9. The maximum absolute atomic E-state index is 13.4. The molecule has 0 bridgehead atoms. The van der Waals surface area contributed by atoms with Crippen molar-refractivity contribution in [3.63, 3.8) is 0 Å². The first kappa shape index (κ1) is 33.9. The Kier molecular flexibility index (Phi) is 13.6. The van der Waals surface area contributed by atoms with Crippen LogP contribution >= 0.6 is 11.8 Å². The Morgan fingerprint density at radius 2 is 1.19 bits per heavy atom. The fraction of sp³-hybridized carbons (Fsp3) is 0.393. The lowest BCUT2D eigenvalue weighted by molar-refractivity contribution is -0.142. The SMILES string of the molecule is CSCCC(NC(=O)C(N)CCC(N)=O)C(=O)NC(Cc1ccc(O)cc1)C(=O)NC(Cc1ccc(O)cc1)C(=O)O. The van der Waals surface area contributed by atoms with E-state index < -0.39 is 53.8 Å². The summed E-state index contributed by atoms with van der Waals surface area (Å²) in [6, 6.07) is 7.01. The number of carboxylic acid groups (broad SMARTS) is 1. The summed E-state index contributed by atoms with van der Waals surface area (Å²) in [6.45, 7) is 0. The van der Waals surface area contributed by atoms with Crippen LogP contribution in [0.4, 0.5) is 0 Å². The molecule has 0 radical (unpaired) electrons. The Hall–Kier alpha value is -4.30. The number of benzene rings is 2. The number of phenols is 2. The number of nitrogens with two attached hydrogens (primary N) is 2. The second-order valence-corrected chi connectivity index (χ2v) is 10.6. The van der Waals surface area contributed by atoms with E-state index in [1.807, 2.05) is 6.26 Å². The van der Waals surface area contributed by atoms with Crippen LogP contribution in [0.15, 0.2) is 48.5 Å². The second-order valence-electron chi connectivity index (χ2n) is 9.66. The fourth-order valence-electron chi connectivity index (χ4n) is 3.90. The molecule has 0 saturated carbocycles. The van der Waals surface area contributed by atoms with E-state index >= 15 is 0 Å². The van der Waals surface area contributed by atoms with Gasteiger partial charge in [-0.25, -0.2) is 4.79 Å². The first-order valence-corrected chi connectivity index (χ1v) is 14.5. The van der Waals surface area contributed by atoms with Crippen LogP contribution in [0.2, 0.25) is 0 Å². The average Bonchev–Trinajstić information content (AvgIpc) is 2.95. The molecule has 42 heavy (non-hydrogen) atoms. The molecule has 2 aromatic carbocycles. The van der Waals surface area contributed by atoms with Crippen LogP contribution in [0.3, 0.4) is 0 Å². The van der Waals surface area contributed by atoms with Gasteiger partial charge in [0.05, 0.1) is 6.04 Å². The van der Waals surface area contributed by atoms with Crippen molar-refractivity contribution in [1.29, 1.82) is 0 Å². The molecule has 2 rings (SSSR count). The Morgan fingerprint density at radius 1 is 0.738 bits per heavy atom. The van der Waals surface area contributed by atoms with Gasteiger partial charge in [0.2, 0.25) is 23.6 Å². The van der Waals surface area contributed by atoms with Crippen molar-refractivity contribution in [2.24, 2.45) is 11.5 Å². The molecule has 0 aliphatic heterocycles. The van der Waals surface area contributed by atoms with Crippen LogP contribution in [0.5, 0.6) is 11.5 Å². The third-order valence-electron chi connectivity index (χ3n) is 6.28. The molecule has 0 aromatic heterocycles. The molecule has 4 unspecified atom stereocenters. The van der Waals surface area contributed by atoms with Crippen molar-refractivity contribution >= 4 is 41.4 Å². The van der Waals surface area contributed by atoms with Gasteiger partial charge in [0.25, 0.3) is 0 Å². The Balaban J connectivity index is 2.25. The lowest BCUT2D eigenvalue weighted by Crippen LogP contribution is -2.58. The molecule has 10 N–H and O–H groups in total. The molecule has 0 spiro atoms. The van der Waals surface area contributed by atoms with Gasteiger partial charge in [-0.15, -0.1) is 0 Å². The smallest absolute Gasteiger partial charge is 0.326 e. The van der Waals surface area contributed by atoms with Gasteiger partial charge in [0, 0.05) is 19.3 Å². The highest BCUT2D eigenvalue weighted by molar-refractivity contribution is 7.98. The van der Waals surface area contributed by atoms with Gasteiger partial charge in [-0.1, -0.05) is 24.3 Å². The fourth-order valence-corrected chi connectivity index (χ4v) is 4.37. The first-order valence-electron chi connectivity index (χ1n) is 13.1. The monoisotopic (exact) mass is 603 g/mol. The van der Waals surface area contributed by atoms with E-state index in [0.717, 1.165) is 0 Å². The minimum absolute atomic E-state index is 0.00304. The topological polar surface area (TPSA) is 234 Å². The number of rotatable bonds is 17. The molecule has 0 heterocycles. The average molecular weight is 604 g/mol. The highest BCUT2D eigenvalue weighted by Crippen LogP contribution is 2.14. The number of carbonyl (C=O) groups excluding carboxylic acids is 4. The Labute approximate surface area is 247 Å². The highest BCUT2D eigenvalue weighted by atomic mass is 32.2. The van der Waals surface area contributed by atoms with E-state index in [-0.39, 0.29) is 43.6 Å². The number of aliphatic carboxylic acids is 1. The Bertz CT molecular complexity index is 1230. The van der Waals surface area contributed by atoms with Crippen molar-refractivity contribution in [2.75, 3.05) is 12.0 Å². The molecule has 0 saturated heterocycles. The van der Waals surface area contributed by atoms with E-state index in [1.165, 1.54) is 48.2 Å².